The summed E-state index contributed by atoms with van der Waals surface area (Å²) in [5.41, 5.74) is 1.22. The molecule has 1 atom stereocenters. The van der Waals surface area contributed by atoms with Gasteiger partial charge in [-0.3, -0.25) is 10.1 Å². The number of nitrogens with one attached hydrogen (secondary N) is 1. The normalized spacial score (nSPS) is 19.1. The van der Waals surface area contributed by atoms with Gasteiger partial charge < -0.3 is 9.80 Å². The quantitative estimate of drug-likeness (QED) is 0.763. The zero-order valence-electron chi connectivity index (χ0n) is 12.5. The van der Waals surface area contributed by atoms with Crippen molar-refractivity contribution in [2.45, 2.75) is 25.3 Å². The third-order valence-electron chi connectivity index (χ3n) is 3.70. The van der Waals surface area contributed by atoms with Gasteiger partial charge in [0.05, 0.1) is 12.7 Å². The third-order valence-corrected chi connectivity index (χ3v) is 3.70. The Balaban J connectivity index is 1.75. The number of hydrogen-bond donors (Lipinski definition) is 1. The number of carbonyl (C=O) groups excluding carboxylic acids is 1. The second kappa shape index (κ2) is 7.41. The molecule has 1 saturated heterocycles. The minimum absolute atomic E-state index is 0.0498. The average Bonchev–Trinajstić information content (AvgIpc) is 2.77. The molecule has 20 heavy (non-hydrogen) atoms. The van der Waals surface area contributed by atoms with Gasteiger partial charge in [0, 0.05) is 6.54 Å². The molecule has 1 heterocycles. The van der Waals surface area contributed by atoms with E-state index >= 15 is 0 Å². The summed E-state index contributed by atoms with van der Waals surface area (Å²) in [5, 5.41) is 3.32. The second-order valence-electron chi connectivity index (χ2n) is 5.72. The van der Waals surface area contributed by atoms with E-state index in [9.17, 15) is 4.79 Å². The third kappa shape index (κ3) is 4.32. The summed E-state index contributed by atoms with van der Waals surface area (Å²) < 4.78 is 0. The highest BCUT2D eigenvalue weighted by Gasteiger charge is 2.30. The summed E-state index contributed by atoms with van der Waals surface area (Å²) in [5.74, 6) is 0.249. The lowest BCUT2D eigenvalue weighted by Crippen LogP contribution is -2.32. The molecule has 1 amide bonds. The molecule has 110 valence electrons. The van der Waals surface area contributed by atoms with Gasteiger partial charge in [-0.05, 0) is 45.5 Å². The van der Waals surface area contributed by atoms with Crippen LogP contribution in [-0.4, -0.2) is 55.6 Å². The summed E-state index contributed by atoms with van der Waals surface area (Å²) in [7, 11) is 4.16. The Labute approximate surface area is 121 Å². The molecular formula is C16H25N3O. The van der Waals surface area contributed by atoms with Crippen LogP contribution >= 0.6 is 0 Å². The Kier molecular flexibility index (Phi) is 5.56. The lowest BCUT2D eigenvalue weighted by Gasteiger charge is -2.16. The fourth-order valence-corrected chi connectivity index (χ4v) is 2.54. The topological polar surface area (TPSA) is 35.6 Å². The second-order valence-corrected chi connectivity index (χ2v) is 5.72. The van der Waals surface area contributed by atoms with Crippen molar-refractivity contribution in [2.24, 2.45) is 0 Å². The molecule has 0 aliphatic carbocycles. The standard InChI is InChI=1S/C16H25N3O/c1-18(2)10-6-7-11-19-13-17-15(16(19)20)12-14-8-4-3-5-9-14/h3-5,8-9,15,17H,6-7,10-13H2,1-2H3. The van der Waals surface area contributed by atoms with Crippen LogP contribution in [-0.2, 0) is 11.2 Å². The van der Waals surface area contributed by atoms with Crippen molar-refractivity contribution in [3.8, 4) is 0 Å². The molecule has 1 aliphatic rings. The maximum Gasteiger partial charge on any atom is 0.241 e. The molecule has 4 nitrogen and oxygen atoms in total. The van der Waals surface area contributed by atoms with E-state index in [0.29, 0.717) is 6.67 Å². The van der Waals surface area contributed by atoms with Crippen LogP contribution in [0, 0.1) is 0 Å². The van der Waals surface area contributed by atoms with E-state index < -0.39 is 0 Å². The van der Waals surface area contributed by atoms with Gasteiger partial charge in [0.25, 0.3) is 0 Å². The van der Waals surface area contributed by atoms with Gasteiger partial charge in [-0.1, -0.05) is 30.3 Å². The lowest BCUT2D eigenvalue weighted by atomic mass is 10.1. The van der Waals surface area contributed by atoms with Gasteiger partial charge in [0.15, 0.2) is 0 Å². The summed E-state index contributed by atoms with van der Waals surface area (Å²) in [6.07, 6.45) is 3.00. The monoisotopic (exact) mass is 275 g/mol. The van der Waals surface area contributed by atoms with Gasteiger partial charge in [-0.25, -0.2) is 0 Å². The maximum atomic E-state index is 12.3. The largest absolute Gasteiger partial charge is 0.329 e. The Hall–Kier alpha value is -1.39. The van der Waals surface area contributed by atoms with Crippen LogP contribution in [0.1, 0.15) is 18.4 Å². The molecule has 1 fully saturated rings. The molecule has 1 N–H and O–H groups in total. The molecule has 0 spiro atoms. The van der Waals surface area contributed by atoms with Gasteiger partial charge in [0.2, 0.25) is 5.91 Å². The molecule has 2 rings (SSSR count). The summed E-state index contributed by atoms with van der Waals surface area (Å²) >= 11 is 0. The number of unbranched alkanes of at least 4 members (excludes halogenated alkanes) is 1. The van der Waals surface area contributed by atoms with Crippen molar-refractivity contribution >= 4 is 5.91 Å². The Morgan fingerprint density at radius 3 is 2.70 bits per heavy atom. The van der Waals surface area contributed by atoms with Crippen molar-refractivity contribution in [1.82, 2.24) is 15.1 Å². The predicted octanol–water partition coefficient (Wildman–Crippen LogP) is 1.33. The van der Waals surface area contributed by atoms with E-state index in [1.54, 1.807) is 0 Å². The van der Waals surface area contributed by atoms with Crippen LogP contribution in [0.2, 0.25) is 0 Å². The van der Waals surface area contributed by atoms with Crippen LogP contribution in [0.3, 0.4) is 0 Å². The molecule has 1 aromatic carbocycles. The Morgan fingerprint density at radius 1 is 1.25 bits per heavy atom. The summed E-state index contributed by atoms with van der Waals surface area (Å²) in [6, 6.07) is 10.2. The molecule has 0 saturated carbocycles. The first-order chi connectivity index (χ1) is 9.66. The summed E-state index contributed by atoms with van der Waals surface area (Å²) in [4.78, 5) is 16.4. The average molecular weight is 275 g/mol. The van der Waals surface area contributed by atoms with Crippen LogP contribution < -0.4 is 5.32 Å². The molecule has 0 radical (unpaired) electrons. The van der Waals surface area contributed by atoms with E-state index in [-0.39, 0.29) is 11.9 Å². The van der Waals surface area contributed by atoms with Crippen molar-refractivity contribution in [1.29, 1.82) is 0 Å². The van der Waals surface area contributed by atoms with Gasteiger partial charge in [0.1, 0.15) is 0 Å². The molecule has 4 heteroatoms. The number of benzene rings is 1. The predicted molar refractivity (Wildman–Crippen MR) is 81.4 cm³/mol. The maximum absolute atomic E-state index is 12.3. The highest BCUT2D eigenvalue weighted by atomic mass is 16.2. The Bertz CT molecular complexity index is 419. The highest BCUT2D eigenvalue weighted by Crippen LogP contribution is 2.11. The van der Waals surface area contributed by atoms with E-state index in [1.807, 2.05) is 23.1 Å². The molecule has 1 aliphatic heterocycles. The SMILES string of the molecule is CN(C)CCCCN1CNC(Cc2ccccc2)C1=O. The number of carbonyl (C=O) groups is 1. The smallest absolute Gasteiger partial charge is 0.241 e. The van der Waals surface area contributed by atoms with Crippen molar-refractivity contribution in [3.63, 3.8) is 0 Å². The molecule has 1 aromatic rings. The molecule has 0 bridgehead atoms. The van der Waals surface area contributed by atoms with Gasteiger partial charge in [-0.2, -0.15) is 0 Å². The van der Waals surface area contributed by atoms with Crippen LogP contribution in [0.25, 0.3) is 0 Å². The van der Waals surface area contributed by atoms with Crippen LogP contribution in [0.5, 0.6) is 0 Å². The van der Waals surface area contributed by atoms with Crippen LogP contribution in [0.15, 0.2) is 30.3 Å². The van der Waals surface area contributed by atoms with Crippen molar-refractivity contribution in [2.75, 3.05) is 33.9 Å². The number of amides is 1. The first-order valence-corrected chi connectivity index (χ1v) is 7.37. The summed E-state index contributed by atoms with van der Waals surface area (Å²) in [6.45, 7) is 2.65. The van der Waals surface area contributed by atoms with Crippen molar-refractivity contribution in [3.05, 3.63) is 35.9 Å². The number of hydrogen-bond acceptors (Lipinski definition) is 3. The van der Waals surface area contributed by atoms with Crippen molar-refractivity contribution < 1.29 is 4.79 Å². The van der Waals surface area contributed by atoms with Gasteiger partial charge in [-0.15, -0.1) is 0 Å². The lowest BCUT2D eigenvalue weighted by molar-refractivity contribution is -0.128. The first-order valence-electron chi connectivity index (χ1n) is 7.37. The fourth-order valence-electron chi connectivity index (χ4n) is 2.54. The Morgan fingerprint density at radius 2 is 2.00 bits per heavy atom. The van der Waals surface area contributed by atoms with E-state index in [2.05, 4.69) is 36.4 Å². The minimum atomic E-state index is -0.0498. The minimum Gasteiger partial charge on any atom is -0.329 e. The first kappa shape index (κ1) is 15.0. The molecule has 0 aromatic heterocycles. The van der Waals surface area contributed by atoms with Crippen LogP contribution in [0.4, 0.5) is 0 Å². The fraction of sp³-hybridized carbons (Fsp3) is 0.562. The zero-order valence-corrected chi connectivity index (χ0v) is 12.5. The number of nitrogens with zero attached hydrogens (tertiary/aromatic N) is 2. The van der Waals surface area contributed by atoms with E-state index in [4.69, 9.17) is 0 Å². The van der Waals surface area contributed by atoms with Gasteiger partial charge >= 0.3 is 0 Å². The highest BCUT2D eigenvalue weighted by molar-refractivity contribution is 5.84. The van der Waals surface area contributed by atoms with E-state index in [0.717, 1.165) is 32.4 Å². The number of rotatable bonds is 7. The molecular weight excluding hydrogens is 250 g/mol. The molecule has 1 unspecified atom stereocenters. The zero-order chi connectivity index (χ0) is 14.4. The van der Waals surface area contributed by atoms with E-state index in [1.165, 1.54) is 5.56 Å².